The van der Waals surface area contributed by atoms with Crippen LogP contribution in [0.3, 0.4) is 0 Å². The van der Waals surface area contributed by atoms with E-state index in [4.69, 9.17) is 15.0 Å². The summed E-state index contributed by atoms with van der Waals surface area (Å²) in [4.78, 5) is 15.4. The minimum absolute atomic E-state index is 0.647. The molecule has 0 saturated heterocycles. The van der Waals surface area contributed by atoms with Crippen molar-refractivity contribution in [3.63, 3.8) is 0 Å². The van der Waals surface area contributed by atoms with Gasteiger partial charge in [-0.2, -0.15) is 0 Å². The van der Waals surface area contributed by atoms with Gasteiger partial charge in [0, 0.05) is 16.7 Å². The zero-order valence-corrected chi connectivity index (χ0v) is 28.2. The van der Waals surface area contributed by atoms with E-state index in [1.165, 1.54) is 33.0 Å². The van der Waals surface area contributed by atoms with Crippen molar-refractivity contribution in [1.29, 1.82) is 0 Å². The SMILES string of the molecule is c1ccc(-c2ccc3cc(-c4nc(-c5cccc6ccccc56)nc(-c5cccc6ccccc56)n4)ccc3c2)c(-c2ccc3ccccc3c2)c1. The van der Waals surface area contributed by atoms with E-state index in [1.54, 1.807) is 0 Å². The smallest absolute Gasteiger partial charge is 0.164 e. The predicted molar refractivity (Wildman–Crippen MR) is 217 cm³/mol. The molecule has 1 aromatic heterocycles. The van der Waals surface area contributed by atoms with Crippen LogP contribution in [-0.4, -0.2) is 15.0 Å². The average molecular weight is 662 g/mol. The van der Waals surface area contributed by atoms with Gasteiger partial charge in [0.15, 0.2) is 17.5 Å². The van der Waals surface area contributed by atoms with Gasteiger partial charge in [0.25, 0.3) is 0 Å². The van der Waals surface area contributed by atoms with Gasteiger partial charge in [-0.05, 0) is 83.5 Å². The van der Waals surface area contributed by atoms with Crippen LogP contribution >= 0.6 is 0 Å². The van der Waals surface area contributed by atoms with Crippen LogP contribution in [0.5, 0.6) is 0 Å². The Hall–Kier alpha value is -6.97. The molecule has 3 heteroatoms. The van der Waals surface area contributed by atoms with Gasteiger partial charge in [-0.15, -0.1) is 0 Å². The van der Waals surface area contributed by atoms with Gasteiger partial charge >= 0.3 is 0 Å². The fourth-order valence-electron chi connectivity index (χ4n) is 7.48. The van der Waals surface area contributed by atoms with E-state index < -0.39 is 0 Å². The topological polar surface area (TPSA) is 38.7 Å². The predicted octanol–water partition coefficient (Wildman–Crippen LogP) is 12.8. The van der Waals surface area contributed by atoms with Crippen molar-refractivity contribution < 1.29 is 0 Å². The number of rotatable bonds is 5. The molecule has 10 aromatic rings. The van der Waals surface area contributed by atoms with Crippen LogP contribution in [-0.2, 0) is 0 Å². The van der Waals surface area contributed by atoms with Crippen LogP contribution in [0, 0.1) is 0 Å². The Balaban J connectivity index is 1.10. The number of fused-ring (bicyclic) bond motifs is 4. The van der Waals surface area contributed by atoms with E-state index in [9.17, 15) is 0 Å². The van der Waals surface area contributed by atoms with E-state index in [-0.39, 0.29) is 0 Å². The summed E-state index contributed by atoms with van der Waals surface area (Å²) in [6.07, 6.45) is 0. The molecular formula is C49H31N3. The molecule has 242 valence electrons. The maximum absolute atomic E-state index is 5.15. The molecule has 0 aliphatic heterocycles. The first-order valence-corrected chi connectivity index (χ1v) is 17.6. The summed E-state index contributed by atoms with van der Waals surface area (Å²) < 4.78 is 0. The van der Waals surface area contributed by atoms with Crippen molar-refractivity contribution in [1.82, 2.24) is 15.0 Å². The van der Waals surface area contributed by atoms with Crippen LogP contribution < -0.4 is 0 Å². The number of hydrogen-bond donors (Lipinski definition) is 0. The van der Waals surface area contributed by atoms with Gasteiger partial charge in [0.2, 0.25) is 0 Å². The summed E-state index contributed by atoms with van der Waals surface area (Å²) in [6.45, 7) is 0. The molecule has 0 N–H and O–H groups in total. The zero-order valence-electron chi connectivity index (χ0n) is 28.2. The maximum Gasteiger partial charge on any atom is 0.164 e. The molecule has 1 heterocycles. The minimum atomic E-state index is 0.647. The van der Waals surface area contributed by atoms with E-state index in [2.05, 4.69) is 188 Å². The number of benzene rings is 9. The van der Waals surface area contributed by atoms with Crippen LogP contribution in [0.1, 0.15) is 0 Å². The summed E-state index contributed by atoms with van der Waals surface area (Å²) in [7, 11) is 0. The minimum Gasteiger partial charge on any atom is -0.208 e. The molecule has 9 aromatic carbocycles. The van der Waals surface area contributed by atoms with Gasteiger partial charge in [-0.3, -0.25) is 0 Å². The van der Waals surface area contributed by atoms with Crippen molar-refractivity contribution in [3.05, 3.63) is 188 Å². The molecule has 0 amide bonds. The monoisotopic (exact) mass is 661 g/mol. The summed E-state index contributed by atoms with van der Waals surface area (Å²) in [5.74, 6) is 1.96. The second-order valence-corrected chi connectivity index (χ2v) is 13.2. The highest BCUT2D eigenvalue weighted by Gasteiger charge is 2.16. The molecule has 52 heavy (non-hydrogen) atoms. The fraction of sp³-hybridized carbons (Fsp3) is 0. The Labute approximate surface area is 301 Å². The van der Waals surface area contributed by atoms with Crippen molar-refractivity contribution in [2.75, 3.05) is 0 Å². The van der Waals surface area contributed by atoms with E-state index >= 15 is 0 Å². The highest BCUT2D eigenvalue weighted by atomic mass is 15.0. The third kappa shape index (κ3) is 5.28. The second kappa shape index (κ2) is 12.4. The molecule has 0 aliphatic rings. The number of hydrogen-bond acceptors (Lipinski definition) is 3. The summed E-state index contributed by atoms with van der Waals surface area (Å²) in [6, 6.07) is 66.6. The average Bonchev–Trinajstić information content (AvgIpc) is 3.22. The van der Waals surface area contributed by atoms with Gasteiger partial charge in [0.1, 0.15) is 0 Å². The highest BCUT2D eigenvalue weighted by Crippen LogP contribution is 2.37. The molecule has 0 spiro atoms. The van der Waals surface area contributed by atoms with Gasteiger partial charge in [-0.1, -0.05) is 170 Å². The number of nitrogens with zero attached hydrogens (tertiary/aromatic N) is 3. The van der Waals surface area contributed by atoms with E-state index in [1.807, 2.05) is 0 Å². The van der Waals surface area contributed by atoms with Crippen molar-refractivity contribution >= 4 is 43.1 Å². The van der Waals surface area contributed by atoms with E-state index in [0.717, 1.165) is 49.0 Å². The van der Waals surface area contributed by atoms with Crippen molar-refractivity contribution in [2.24, 2.45) is 0 Å². The third-order valence-electron chi connectivity index (χ3n) is 10.1. The largest absolute Gasteiger partial charge is 0.208 e. The second-order valence-electron chi connectivity index (χ2n) is 13.2. The fourth-order valence-corrected chi connectivity index (χ4v) is 7.48. The molecule has 0 unspecified atom stereocenters. The molecule has 10 rings (SSSR count). The Bertz CT molecular complexity index is 2870. The molecule has 0 radical (unpaired) electrons. The summed E-state index contributed by atoms with van der Waals surface area (Å²) in [5.41, 5.74) is 7.74. The van der Waals surface area contributed by atoms with Crippen LogP contribution in [0.25, 0.3) is 99.5 Å². The molecular weight excluding hydrogens is 631 g/mol. The van der Waals surface area contributed by atoms with Crippen molar-refractivity contribution in [3.8, 4) is 56.4 Å². The molecule has 0 fully saturated rings. The number of aromatic nitrogens is 3. The normalized spacial score (nSPS) is 11.5. The Kier molecular flexibility index (Phi) is 7.14. The summed E-state index contributed by atoms with van der Waals surface area (Å²) in [5, 5.41) is 9.30. The van der Waals surface area contributed by atoms with Crippen molar-refractivity contribution in [2.45, 2.75) is 0 Å². The first-order valence-electron chi connectivity index (χ1n) is 17.6. The highest BCUT2D eigenvalue weighted by molar-refractivity contribution is 5.99. The van der Waals surface area contributed by atoms with Gasteiger partial charge in [0.05, 0.1) is 0 Å². The molecule has 0 aliphatic carbocycles. The zero-order chi connectivity index (χ0) is 34.4. The maximum atomic E-state index is 5.15. The summed E-state index contributed by atoms with van der Waals surface area (Å²) >= 11 is 0. The van der Waals surface area contributed by atoms with Crippen LogP contribution in [0.2, 0.25) is 0 Å². The van der Waals surface area contributed by atoms with Crippen LogP contribution in [0.4, 0.5) is 0 Å². The molecule has 0 bridgehead atoms. The Morgan fingerprint density at radius 3 is 1.17 bits per heavy atom. The first-order chi connectivity index (χ1) is 25.7. The molecule has 3 nitrogen and oxygen atoms in total. The van der Waals surface area contributed by atoms with Crippen LogP contribution in [0.15, 0.2) is 188 Å². The standard InChI is InChI=1S/C49H31N3/c1-2-14-35-29-38(26-23-32(35)11-1)43-19-7-8-20-44(43)39-27-24-37-31-40(28-25-36(37)30-39)47-50-48(45-21-9-15-33-12-3-5-17-41(33)45)52-49(51-47)46-22-10-16-34-13-4-6-18-42(34)46/h1-31H. The lowest BCUT2D eigenvalue weighted by atomic mass is 9.92. The Morgan fingerprint density at radius 1 is 0.231 bits per heavy atom. The van der Waals surface area contributed by atoms with Gasteiger partial charge in [-0.25, -0.2) is 15.0 Å². The third-order valence-corrected chi connectivity index (χ3v) is 10.1. The quantitative estimate of drug-likeness (QED) is 0.184. The molecule has 0 atom stereocenters. The lowest BCUT2D eigenvalue weighted by Gasteiger charge is -2.13. The van der Waals surface area contributed by atoms with E-state index in [0.29, 0.717) is 17.5 Å². The first kappa shape index (κ1) is 29.9. The Morgan fingerprint density at radius 2 is 0.596 bits per heavy atom. The lowest BCUT2D eigenvalue weighted by Crippen LogP contribution is -2.01. The lowest BCUT2D eigenvalue weighted by molar-refractivity contribution is 1.08. The van der Waals surface area contributed by atoms with Gasteiger partial charge < -0.3 is 0 Å². The molecule has 0 saturated carbocycles.